The fourth-order valence-electron chi connectivity index (χ4n) is 3.79. The molecular formula is C22H21FN2O2S. The van der Waals surface area contributed by atoms with Crippen LogP contribution in [0.15, 0.2) is 67.0 Å². The van der Waals surface area contributed by atoms with Crippen LogP contribution < -0.4 is 0 Å². The summed E-state index contributed by atoms with van der Waals surface area (Å²) in [5, 5.41) is 0. The number of sulfonamides is 1. The molecule has 6 heteroatoms. The van der Waals surface area contributed by atoms with Gasteiger partial charge in [-0.25, -0.2) is 12.8 Å². The topological polar surface area (TPSA) is 50.3 Å². The first-order chi connectivity index (χ1) is 13.4. The first-order valence-corrected chi connectivity index (χ1v) is 10.8. The number of benzene rings is 2. The Balaban J connectivity index is 1.76. The maximum atomic E-state index is 13.3. The van der Waals surface area contributed by atoms with Gasteiger partial charge in [0.2, 0.25) is 10.0 Å². The maximum Gasteiger partial charge on any atom is 0.219 e. The van der Waals surface area contributed by atoms with Gasteiger partial charge in [-0.1, -0.05) is 42.0 Å². The van der Waals surface area contributed by atoms with E-state index in [9.17, 15) is 12.8 Å². The Kier molecular flexibility index (Phi) is 5.00. The summed E-state index contributed by atoms with van der Waals surface area (Å²) in [7, 11) is -3.62. The number of hydrogen-bond donors (Lipinski definition) is 0. The maximum absolute atomic E-state index is 13.3. The van der Waals surface area contributed by atoms with Crippen molar-refractivity contribution in [2.45, 2.75) is 25.1 Å². The van der Waals surface area contributed by atoms with Gasteiger partial charge in [0.15, 0.2) is 0 Å². The predicted molar refractivity (Wildman–Crippen MR) is 107 cm³/mol. The van der Waals surface area contributed by atoms with Crippen molar-refractivity contribution in [1.29, 1.82) is 0 Å². The number of aromatic nitrogens is 1. The van der Waals surface area contributed by atoms with Gasteiger partial charge in [-0.15, -0.1) is 0 Å². The second-order valence-corrected chi connectivity index (χ2v) is 9.06. The molecule has 4 rings (SSSR count). The van der Waals surface area contributed by atoms with Crippen LogP contribution in [0.3, 0.4) is 0 Å². The second kappa shape index (κ2) is 7.45. The Labute approximate surface area is 164 Å². The van der Waals surface area contributed by atoms with Crippen molar-refractivity contribution < 1.29 is 12.8 Å². The van der Waals surface area contributed by atoms with Crippen LogP contribution in [0.1, 0.15) is 33.9 Å². The molecular weight excluding hydrogens is 375 g/mol. The van der Waals surface area contributed by atoms with E-state index >= 15 is 0 Å². The quantitative estimate of drug-likeness (QED) is 0.670. The number of rotatable bonds is 4. The molecule has 0 fully saturated rings. The van der Waals surface area contributed by atoms with Gasteiger partial charge in [-0.3, -0.25) is 4.98 Å². The minimum Gasteiger partial charge on any atom is -0.264 e. The van der Waals surface area contributed by atoms with Gasteiger partial charge in [-0.2, -0.15) is 4.31 Å². The number of halogens is 1. The van der Waals surface area contributed by atoms with Gasteiger partial charge in [0, 0.05) is 18.9 Å². The molecule has 1 atom stereocenters. The molecule has 28 heavy (non-hydrogen) atoms. The summed E-state index contributed by atoms with van der Waals surface area (Å²) in [4.78, 5) is 4.20. The summed E-state index contributed by atoms with van der Waals surface area (Å²) in [5.74, 6) is -0.540. The SMILES string of the molecule is Cc1ccc2c(c1)CCN(S(=O)(=O)Cc1ccc(F)cc1)C2c1cccnc1. The standard InChI is InChI=1S/C22H21FN2O2S/c1-16-4-9-21-18(13-16)10-12-25(22(21)19-3-2-11-24-14-19)28(26,27)15-17-5-7-20(23)8-6-17/h2-9,11,13-14,22H,10,12,15H2,1H3. The highest BCUT2D eigenvalue weighted by molar-refractivity contribution is 7.88. The van der Waals surface area contributed by atoms with Gasteiger partial charge in [0.05, 0.1) is 11.8 Å². The largest absolute Gasteiger partial charge is 0.264 e. The lowest BCUT2D eigenvalue weighted by atomic mass is 9.89. The first kappa shape index (κ1) is 18.8. The first-order valence-electron chi connectivity index (χ1n) is 9.17. The van der Waals surface area contributed by atoms with Crippen LogP contribution in [0.2, 0.25) is 0 Å². The third-order valence-electron chi connectivity index (χ3n) is 5.10. The fraction of sp³-hybridized carbons (Fsp3) is 0.227. The van der Waals surface area contributed by atoms with E-state index in [1.165, 1.54) is 29.8 Å². The fourth-order valence-corrected chi connectivity index (χ4v) is 5.50. The zero-order valence-electron chi connectivity index (χ0n) is 15.5. The normalized spacial score (nSPS) is 17.3. The number of aryl methyl sites for hydroxylation is 1. The molecule has 0 radical (unpaired) electrons. The highest BCUT2D eigenvalue weighted by Crippen LogP contribution is 2.37. The van der Waals surface area contributed by atoms with Gasteiger partial charge < -0.3 is 0 Å². The van der Waals surface area contributed by atoms with E-state index < -0.39 is 16.1 Å². The molecule has 2 aromatic carbocycles. The summed E-state index contributed by atoms with van der Waals surface area (Å²) in [6.45, 7) is 2.44. The van der Waals surface area contributed by atoms with E-state index in [1.807, 2.05) is 31.2 Å². The number of nitrogens with zero attached hydrogens (tertiary/aromatic N) is 2. The number of pyridine rings is 1. The van der Waals surface area contributed by atoms with Crippen LogP contribution in [0.4, 0.5) is 4.39 Å². The van der Waals surface area contributed by atoms with Crippen LogP contribution >= 0.6 is 0 Å². The van der Waals surface area contributed by atoms with Gasteiger partial charge in [-0.05, 0) is 53.8 Å². The molecule has 0 bridgehead atoms. The summed E-state index contributed by atoms with van der Waals surface area (Å²) >= 11 is 0. The molecule has 0 saturated carbocycles. The predicted octanol–water partition coefficient (Wildman–Crippen LogP) is 4.01. The van der Waals surface area contributed by atoms with E-state index in [4.69, 9.17) is 0 Å². The van der Waals surface area contributed by atoms with E-state index in [0.29, 0.717) is 18.5 Å². The molecule has 0 amide bonds. The Bertz CT molecular complexity index is 1080. The molecule has 0 spiro atoms. The van der Waals surface area contributed by atoms with Crippen molar-refractivity contribution >= 4 is 10.0 Å². The highest BCUT2D eigenvalue weighted by Gasteiger charge is 2.36. The average Bonchev–Trinajstić information content (AvgIpc) is 2.69. The average molecular weight is 396 g/mol. The lowest BCUT2D eigenvalue weighted by Crippen LogP contribution is -2.41. The number of hydrogen-bond acceptors (Lipinski definition) is 3. The molecule has 3 aromatic rings. The van der Waals surface area contributed by atoms with Crippen molar-refractivity contribution in [2.24, 2.45) is 0 Å². The molecule has 1 aromatic heterocycles. The van der Waals surface area contributed by atoms with Crippen LogP contribution in [-0.2, 0) is 22.2 Å². The second-order valence-electron chi connectivity index (χ2n) is 7.13. The molecule has 4 nitrogen and oxygen atoms in total. The van der Waals surface area contributed by atoms with Crippen molar-refractivity contribution in [2.75, 3.05) is 6.54 Å². The van der Waals surface area contributed by atoms with Crippen molar-refractivity contribution in [1.82, 2.24) is 9.29 Å². The summed E-state index contributed by atoms with van der Waals surface area (Å²) < 4.78 is 41.4. The van der Waals surface area contributed by atoms with Gasteiger partial charge >= 0.3 is 0 Å². The Morgan fingerprint density at radius 3 is 2.64 bits per heavy atom. The third-order valence-corrected chi connectivity index (χ3v) is 6.91. The van der Waals surface area contributed by atoms with Crippen LogP contribution in [0, 0.1) is 12.7 Å². The van der Waals surface area contributed by atoms with Gasteiger partial charge in [0.1, 0.15) is 5.82 Å². The minimum absolute atomic E-state index is 0.161. The van der Waals surface area contributed by atoms with E-state index in [0.717, 1.165) is 16.7 Å². The van der Waals surface area contributed by atoms with Crippen molar-refractivity contribution in [3.63, 3.8) is 0 Å². The lowest BCUT2D eigenvalue weighted by Gasteiger charge is -2.36. The minimum atomic E-state index is -3.62. The molecule has 2 heterocycles. The zero-order chi connectivity index (χ0) is 19.7. The van der Waals surface area contributed by atoms with E-state index in [1.54, 1.807) is 16.7 Å². The summed E-state index contributed by atoms with van der Waals surface area (Å²) in [6, 6.07) is 15.1. The van der Waals surface area contributed by atoms with Crippen LogP contribution in [0.25, 0.3) is 0 Å². The molecule has 0 saturated heterocycles. The summed E-state index contributed by atoms with van der Waals surface area (Å²) in [5.41, 5.74) is 4.73. The Hall–Kier alpha value is -2.57. The molecule has 1 aliphatic rings. The lowest BCUT2D eigenvalue weighted by molar-refractivity contribution is 0.343. The van der Waals surface area contributed by atoms with E-state index in [-0.39, 0.29) is 11.6 Å². The smallest absolute Gasteiger partial charge is 0.219 e. The van der Waals surface area contributed by atoms with Crippen LogP contribution in [0.5, 0.6) is 0 Å². The summed E-state index contributed by atoms with van der Waals surface area (Å²) in [6.07, 6.45) is 4.07. The molecule has 144 valence electrons. The number of fused-ring (bicyclic) bond motifs is 1. The zero-order valence-corrected chi connectivity index (χ0v) is 16.4. The monoisotopic (exact) mass is 396 g/mol. The Morgan fingerprint density at radius 1 is 1.14 bits per heavy atom. The molecule has 0 aliphatic carbocycles. The molecule has 1 unspecified atom stereocenters. The van der Waals surface area contributed by atoms with Crippen LogP contribution in [-0.4, -0.2) is 24.3 Å². The van der Waals surface area contributed by atoms with E-state index in [2.05, 4.69) is 11.1 Å². The highest BCUT2D eigenvalue weighted by atomic mass is 32.2. The Morgan fingerprint density at radius 2 is 1.93 bits per heavy atom. The van der Waals surface area contributed by atoms with Crippen molar-refractivity contribution in [3.05, 3.63) is 101 Å². The van der Waals surface area contributed by atoms with Crippen molar-refractivity contribution in [3.8, 4) is 0 Å². The molecule has 0 N–H and O–H groups in total. The molecule has 1 aliphatic heterocycles. The van der Waals surface area contributed by atoms with Gasteiger partial charge in [0.25, 0.3) is 0 Å². The third kappa shape index (κ3) is 3.70.